The molecule has 1 aliphatic rings. The summed E-state index contributed by atoms with van der Waals surface area (Å²) in [6, 6.07) is 5.86. The zero-order valence-corrected chi connectivity index (χ0v) is 12.6. The minimum Gasteiger partial charge on any atom is -0.0827 e. The molecule has 0 aliphatic heterocycles. The molecule has 1 aromatic carbocycles. The third-order valence-electron chi connectivity index (χ3n) is 3.93. The van der Waals surface area contributed by atoms with Gasteiger partial charge in [0.1, 0.15) is 0 Å². The molecule has 0 saturated heterocycles. The number of rotatable bonds is 2. The Bertz CT molecular complexity index is 436. The van der Waals surface area contributed by atoms with Crippen LogP contribution in [0, 0.1) is 11.8 Å². The highest BCUT2D eigenvalue weighted by molar-refractivity contribution is 6.42. The van der Waals surface area contributed by atoms with Crippen molar-refractivity contribution < 1.29 is 0 Å². The highest BCUT2D eigenvalue weighted by Crippen LogP contribution is 2.34. The van der Waals surface area contributed by atoms with Crippen LogP contribution in [0.15, 0.2) is 23.8 Å². The van der Waals surface area contributed by atoms with Crippen LogP contribution >= 0.6 is 23.2 Å². The van der Waals surface area contributed by atoms with Gasteiger partial charge in [0.15, 0.2) is 0 Å². The third kappa shape index (κ3) is 3.52. The Kier molecular flexibility index (Phi) is 4.75. The Morgan fingerprint density at radius 1 is 1.11 bits per heavy atom. The molecule has 0 heterocycles. The summed E-state index contributed by atoms with van der Waals surface area (Å²) >= 11 is 12.0. The van der Waals surface area contributed by atoms with E-state index in [0.29, 0.717) is 10.0 Å². The summed E-state index contributed by atoms with van der Waals surface area (Å²) in [5.41, 5.74) is 2.72. The molecule has 2 rings (SSSR count). The summed E-state index contributed by atoms with van der Waals surface area (Å²) in [5, 5.41) is 1.27. The molecule has 1 aromatic rings. The van der Waals surface area contributed by atoms with E-state index < -0.39 is 0 Å². The molecule has 0 unspecified atom stereocenters. The SMILES string of the molecule is CC(C)C1CCC(=Cc2ccc(Cl)c(Cl)c2)CC1. The van der Waals surface area contributed by atoms with Gasteiger partial charge < -0.3 is 0 Å². The highest BCUT2D eigenvalue weighted by atomic mass is 35.5. The molecule has 0 spiro atoms. The van der Waals surface area contributed by atoms with E-state index in [9.17, 15) is 0 Å². The smallest absolute Gasteiger partial charge is 0.0598 e. The molecule has 0 bridgehead atoms. The van der Waals surface area contributed by atoms with Gasteiger partial charge in [-0.3, -0.25) is 0 Å². The summed E-state index contributed by atoms with van der Waals surface area (Å²) in [6.07, 6.45) is 7.38. The van der Waals surface area contributed by atoms with Gasteiger partial charge in [0.25, 0.3) is 0 Å². The van der Waals surface area contributed by atoms with Crippen molar-refractivity contribution >= 4 is 29.3 Å². The molecule has 98 valence electrons. The van der Waals surface area contributed by atoms with Crippen LogP contribution in [-0.4, -0.2) is 0 Å². The van der Waals surface area contributed by atoms with Crippen molar-refractivity contribution in [3.8, 4) is 0 Å². The molecule has 0 N–H and O–H groups in total. The van der Waals surface area contributed by atoms with Crippen LogP contribution in [0.4, 0.5) is 0 Å². The molecule has 1 saturated carbocycles. The van der Waals surface area contributed by atoms with Crippen LogP contribution in [0.5, 0.6) is 0 Å². The van der Waals surface area contributed by atoms with Gasteiger partial charge in [-0.25, -0.2) is 0 Å². The molecule has 0 aromatic heterocycles. The fourth-order valence-corrected chi connectivity index (χ4v) is 2.97. The summed E-state index contributed by atoms with van der Waals surface area (Å²) in [7, 11) is 0. The van der Waals surface area contributed by atoms with Crippen molar-refractivity contribution in [2.24, 2.45) is 11.8 Å². The Balaban J connectivity index is 2.04. The first kappa shape index (κ1) is 14.0. The van der Waals surface area contributed by atoms with Crippen LogP contribution < -0.4 is 0 Å². The number of hydrogen-bond acceptors (Lipinski definition) is 0. The van der Waals surface area contributed by atoms with Crippen molar-refractivity contribution in [1.82, 2.24) is 0 Å². The molecule has 1 fully saturated rings. The second-order valence-corrected chi connectivity index (χ2v) is 6.37. The average molecular weight is 283 g/mol. The van der Waals surface area contributed by atoms with Gasteiger partial charge in [-0.2, -0.15) is 0 Å². The van der Waals surface area contributed by atoms with Crippen molar-refractivity contribution in [3.63, 3.8) is 0 Å². The fourth-order valence-electron chi connectivity index (χ4n) is 2.66. The molecular formula is C16H20Cl2. The number of hydrogen-bond donors (Lipinski definition) is 0. The van der Waals surface area contributed by atoms with E-state index in [-0.39, 0.29) is 0 Å². The molecule has 0 atom stereocenters. The van der Waals surface area contributed by atoms with Gasteiger partial charge in [0, 0.05) is 0 Å². The largest absolute Gasteiger partial charge is 0.0827 e. The number of allylic oxidation sites excluding steroid dienone is 1. The maximum absolute atomic E-state index is 6.04. The lowest BCUT2D eigenvalue weighted by molar-refractivity contribution is 0.312. The summed E-state index contributed by atoms with van der Waals surface area (Å²) < 4.78 is 0. The van der Waals surface area contributed by atoms with Crippen molar-refractivity contribution in [2.75, 3.05) is 0 Å². The Hall–Kier alpha value is -0.460. The van der Waals surface area contributed by atoms with Crippen molar-refractivity contribution in [3.05, 3.63) is 39.4 Å². The van der Waals surface area contributed by atoms with Gasteiger partial charge in [-0.05, 0) is 55.2 Å². The van der Waals surface area contributed by atoms with E-state index in [4.69, 9.17) is 23.2 Å². The predicted molar refractivity (Wildman–Crippen MR) is 81.2 cm³/mol. The topological polar surface area (TPSA) is 0 Å². The van der Waals surface area contributed by atoms with Crippen molar-refractivity contribution in [1.29, 1.82) is 0 Å². The van der Waals surface area contributed by atoms with Crippen molar-refractivity contribution in [2.45, 2.75) is 39.5 Å². The minimum atomic E-state index is 0.627. The molecule has 0 radical (unpaired) electrons. The lowest BCUT2D eigenvalue weighted by Crippen LogP contribution is -2.13. The molecule has 2 heteroatoms. The van der Waals surface area contributed by atoms with Gasteiger partial charge in [-0.1, -0.05) is 54.8 Å². The second-order valence-electron chi connectivity index (χ2n) is 5.56. The first-order valence-electron chi connectivity index (χ1n) is 6.70. The maximum atomic E-state index is 6.04. The predicted octanol–water partition coefficient (Wildman–Crippen LogP) is 6.22. The number of benzene rings is 1. The molecule has 0 amide bonds. The molecule has 0 nitrogen and oxygen atoms in total. The Morgan fingerprint density at radius 2 is 1.78 bits per heavy atom. The van der Waals surface area contributed by atoms with Gasteiger partial charge >= 0.3 is 0 Å². The van der Waals surface area contributed by atoms with E-state index in [1.165, 1.54) is 31.2 Å². The summed E-state index contributed by atoms with van der Waals surface area (Å²) in [6.45, 7) is 4.66. The minimum absolute atomic E-state index is 0.627. The summed E-state index contributed by atoms with van der Waals surface area (Å²) in [5.74, 6) is 1.72. The average Bonchev–Trinajstić information content (AvgIpc) is 2.34. The Morgan fingerprint density at radius 3 is 2.33 bits per heavy atom. The van der Waals surface area contributed by atoms with E-state index >= 15 is 0 Å². The van der Waals surface area contributed by atoms with E-state index in [1.807, 2.05) is 18.2 Å². The Labute approximate surface area is 120 Å². The molecular weight excluding hydrogens is 263 g/mol. The second kappa shape index (κ2) is 6.12. The van der Waals surface area contributed by atoms with E-state index in [0.717, 1.165) is 11.8 Å². The van der Waals surface area contributed by atoms with Crippen LogP contribution in [0.3, 0.4) is 0 Å². The van der Waals surface area contributed by atoms with Crippen LogP contribution in [0.2, 0.25) is 10.0 Å². The van der Waals surface area contributed by atoms with E-state index in [1.54, 1.807) is 5.57 Å². The maximum Gasteiger partial charge on any atom is 0.0598 e. The van der Waals surface area contributed by atoms with Gasteiger partial charge in [-0.15, -0.1) is 0 Å². The highest BCUT2D eigenvalue weighted by Gasteiger charge is 2.19. The van der Waals surface area contributed by atoms with Gasteiger partial charge in [0.05, 0.1) is 10.0 Å². The van der Waals surface area contributed by atoms with Crippen LogP contribution in [0.25, 0.3) is 6.08 Å². The first-order chi connectivity index (χ1) is 8.56. The zero-order valence-electron chi connectivity index (χ0n) is 11.0. The summed E-state index contributed by atoms with van der Waals surface area (Å²) in [4.78, 5) is 0. The normalized spacial score (nSPS) is 20.3. The molecule has 18 heavy (non-hydrogen) atoms. The van der Waals surface area contributed by atoms with Crippen LogP contribution in [0.1, 0.15) is 45.1 Å². The van der Waals surface area contributed by atoms with Gasteiger partial charge in [0.2, 0.25) is 0 Å². The first-order valence-corrected chi connectivity index (χ1v) is 7.46. The van der Waals surface area contributed by atoms with Crippen LogP contribution in [-0.2, 0) is 0 Å². The fraction of sp³-hybridized carbons (Fsp3) is 0.500. The monoisotopic (exact) mass is 282 g/mol. The quantitative estimate of drug-likeness (QED) is 0.604. The third-order valence-corrected chi connectivity index (χ3v) is 4.67. The lowest BCUT2D eigenvalue weighted by Gasteiger charge is -2.27. The standard InChI is InChI=1S/C16H20Cl2/c1-11(2)14-6-3-12(4-7-14)9-13-5-8-15(17)16(18)10-13/h5,8-11,14H,3-4,6-7H2,1-2H3. The number of halogens is 2. The molecule has 1 aliphatic carbocycles. The lowest BCUT2D eigenvalue weighted by atomic mass is 9.79. The zero-order chi connectivity index (χ0) is 13.1. The van der Waals surface area contributed by atoms with E-state index in [2.05, 4.69) is 19.9 Å².